The number of nitrogens with two attached hydrogens (primary N) is 1. The van der Waals surface area contributed by atoms with Gasteiger partial charge in [-0.25, -0.2) is 0 Å². The Balaban J connectivity index is 2.00. The highest BCUT2D eigenvalue weighted by Crippen LogP contribution is 2.25. The summed E-state index contributed by atoms with van der Waals surface area (Å²) in [5, 5.41) is 0. The van der Waals surface area contributed by atoms with Crippen LogP contribution in [0.4, 0.5) is 0 Å². The average molecular weight is 272 g/mol. The average Bonchev–Trinajstić information content (AvgIpc) is 2.50. The maximum absolute atomic E-state index is 5.87. The molecule has 2 N–H and O–H groups in total. The number of methoxy groups -OCH3 is 1. The van der Waals surface area contributed by atoms with Crippen LogP contribution in [0, 0.1) is 0 Å². The van der Waals surface area contributed by atoms with Crippen molar-refractivity contribution in [3.63, 3.8) is 0 Å². The van der Waals surface area contributed by atoms with Crippen LogP contribution in [0.1, 0.15) is 11.1 Å². The van der Waals surface area contributed by atoms with E-state index in [-0.39, 0.29) is 0 Å². The lowest BCUT2D eigenvalue weighted by atomic mass is 10.1. The standard InChI is InChI=1S/C16H20N2O2/c1-19-15-5-4-14(6-8-17)16(11-15)20-10-7-13-3-2-9-18-12-13/h2-5,9,11-12H,6-8,10,17H2,1H3. The van der Waals surface area contributed by atoms with E-state index in [9.17, 15) is 0 Å². The van der Waals surface area contributed by atoms with Gasteiger partial charge in [0, 0.05) is 24.9 Å². The van der Waals surface area contributed by atoms with Crippen LogP contribution in [-0.2, 0) is 12.8 Å². The summed E-state index contributed by atoms with van der Waals surface area (Å²) in [7, 11) is 1.65. The summed E-state index contributed by atoms with van der Waals surface area (Å²) in [6.07, 6.45) is 5.25. The molecule has 2 rings (SSSR count). The van der Waals surface area contributed by atoms with Crippen molar-refractivity contribution in [3.05, 3.63) is 53.9 Å². The highest BCUT2D eigenvalue weighted by atomic mass is 16.5. The quantitative estimate of drug-likeness (QED) is 0.839. The van der Waals surface area contributed by atoms with Crippen molar-refractivity contribution in [2.24, 2.45) is 5.73 Å². The van der Waals surface area contributed by atoms with E-state index in [0.717, 1.165) is 35.5 Å². The first-order valence-electron chi connectivity index (χ1n) is 6.72. The lowest BCUT2D eigenvalue weighted by Gasteiger charge is -2.12. The molecule has 0 bridgehead atoms. The molecule has 0 atom stereocenters. The molecule has 0 amide bonds. The first-order valence-corrected chi connectivity index (χ1v) is 6.72. The maximum Gasteiger partial charge on any atom is 0.126 e. The number of aromatic nitrogens is 1. The molecule has 0 saturated heterocycles. The highest BCUT2D eigenvalue weighted by molar-refractivity contribution is 5.41. The summed E-state index contributed by atoms with van der Waals surface area (Å²) >= 11 is 0. The molecule has 0 spiro atoms. The lowest BCUT2D eigenvalue weighted by Crippen LogP contribution is -2.07. The Morgan fingerprint density at radius 3 is 2.80 bits per heavy atom. The van der Waals surface area contributed by atoms with Gasteiger partial charge < -0.3 is 15.2 Å². The minimum absolute atomic E-state index is 0.602. The third-order valence-corrected chi connectivity index (χ3v) is 3.06. The first kappa shape index (κ1) is 14.3. The van der Waals surface area contributed by atoms with Gasteiger partial charge in [0.25, 0.3) is 0 Å². The van der Waals surface area contributed by atoms with Gasteiger partial charge in [0.2, 0.25) is 0 Å². The number of benzene rings is 1. The topological polar surface area (TPSA) is 57.4 Å². The third kappa shape index (κ3) is 3.96. The number of pyridine rings is 1. The molecule has 0 aliphatic carbocycles. The Hall–Kier alpha value is -2.07. The van der Waals surface area contributed by atoms with Crippen molar-refractivity contribution in [2.45, 2.75) is 12.8 Å². The van der Waals surface area contributed by atoms with Crippen LogP contribution in [0.2, 0.25) is 0 Å². The fraction of sp³-hybridized carbons (Fsp3) is 0.312. The Labute approximate surface area is 119 Å². The minimum atomic E-state index is 0.602. The van der Waals surface area contributed by atoms with Crippen molar-refractivity contribution in [2.75, 3.05) is 20.3 Å². The highest BCUT2D eigenvalue weighted by Gasteiger charge is 2.05. The van der Waals surface area contributed by atoms with E-state index in [2.05, 4.69) is 4.98 Å². The van der Waals surface area contributed by atoms with Crippen molar-refractivity contribution in [3.8, 4) is 11.5 Å². The summed E-state index contributed by atoms with van der Waals surface area (Å²) in [5.41, 5.74) is 7.90. The monoisotopic (exact) mass is 272 g/mol. The molecule has 0 fully saturated rings. The predicted molar refractivity (Wildman–Crippen MR) is 79.2 cm³/mol. The molecular weight excluding hydrogens is 252 g/mol. The van der Waals surface area contributed by atoms with Crippen LogP contribution < -0.4 is 15.2 Å². The van der Waals surface area contributed by atoms with Crippen molar-refractivity contribution < 1.29 is 9.47 Å². The predicted octanol–water partition coefficient (Wildman–Crippen LogP) is 2.21. The second-order valence-corrected chi connectivity index (χ2v) is 4.47. The maximum atomic E-state index is 5.87. The van der Waals surface area contributed by atoms with Crippen LogP contribution in [-0.4, -0.2) is 25.2 Å². The summed E-state index contributed by atoms with van der Waals surface area (Å²) in [5.74, 6) is 1.64. The molecule has 1 heterocycles. The van der Waals surface area contributed by atoms with E-state index in [0.29, 0.717) is 13.2 Å². The van der Waals surface area contributed by atoms with Crippen LogP contribution in [0.25, 0.3) is 0 Å². The largest absolute Gasteiger partial charge is 0.497 e. The summed E-state index contributed by atoms with van der Waals surface area (Å²) in [6.45, 7) is 1.21. The second kappa shape index (κ2) is 7.50. The fourth-order valence-corrected chi connectivity index (χ4v) is 1.98. The van der Waals surface area contributed by atoms with E-state index < -0.39 is 0 Å². The SMILES string of the molecule is COc1ccc(CCN)c(OCCc2cccnc2)c1. The van der Waals surface area contributed by atoms with E-state index in [4.69, 9.17) is 15.2 Å². The molecule has 0 saturated carbocycles. The number of hydrogen-bond acceptors (Lipinski definition) is 4. The van der Waals surface area contributed by atoms with Gasteiger partial charge in [-0.15, -0.1) is 0 Å². The molecule has 4 heteroatoms. The van der Waals surface area contributed by atoms with E-state index in [1.54, 1.807) is 13.3 Å². The molecule has 1 aromatic carbocycles. The molecule has 1 aromatic heterocycles. The summed E-state index contributed by atoms with van der Waals surface area (Å²) in [4.78, 5) is 4.09. The third-order valence-electron chi connectivity index (χ3n) is 3.06. The zero-order chi connectivity index (χ0) is 14.2. The van der Waals surface area contributed by atoms with Crippen molar-refractivity contribution in [1.82, 2.24) is 4.98 Å². The van der Waals surface area contributed by atoms with Gasteiger partial charge in [0.05, 0.1) is 13.7 Å². The minimum Gasteiger partial charge on any atom is -0.497 e. The van der Waals surface area contributed by atoms with E-state index >= 15 is 0 Å². The van der Waals surface area contributed by atoms with Crippen LogP contribution in [0.15, 0.2) is 42.7 Å². The van der Waals surface area contributed by atoms with Gasteiger partial charge in [0.15, 0.2) is 0 Å². The molecule has 0 aliphatic rings. The van der Waals surface area contributed by atoms with Crippen LogP contribution >= 0.6 is 0 Å². The van der Waals surface area contributed by atoms with Gasteiger partial charge >= 0.3 is 0 Å². The Bertz CT molecular complexity index is 529. The molecule has 0 aliphatic heterocycles. The van der Waals surface area contributed by atoms with Crippen LogP contribution in [0.5, 0.6) is 11.5 Å². The van der Waals surface area contributed by atoms with Crippen molar-refractivity contribution in [1.29, 1.82) is 0 Å². The van der Waals surface area contributed by atoms with Gasteiger partial charge in [-0.3, -0.25) is 4.98 Å². The summed E-state index contributed by atoms with van der Waals surface area (Å²) < 4.78 is 11.1. The van der Waals surface area contributed by atoms with Crippen molar-refractivity contribution >= 4 is 0 Å². The Morgan fingerprint density at radius 2 is 2.10 bits per heavy atom. The molecule has 20 heavy (non-hydrogen) atoms. The Kier molecular flexibility index (Phi) is 5.38. The van der Waals surface area contributed by atoms with E-state index in [1.807, 2.05) is 36.5 Å². The van der Waals surface area contributed by atoms with Gasteiger partial charge in [-0.2, -0.15) is 0 Å². The lowest BCUT2D eigenvalue weighted by molar-refractivity contribution is 0.315. The molecule has 0 radical (unpaired) electrons. The number of rotatable bonds is 7. The summed E-state index contributed by atoms with van der Waals surface area (Å²) in [6, 6.07) is 9.82. The molecule has 2 aromatic rings. The van der Waals surface area contributed by atoms with Gasteiger partial charge in [-0.1, -0.05) is 12.1 Å². The van der Waals surface area contributed by atoms with E-state index in [1.165, 1.54) is 0 Å². The number of hydrogen-bond donors (Lipinski definition) is 1. The molecular formula is C16H20N2O2. The number of nitrogens with zero attached hydrogens (tertiary/aromatic N) is 1. The van der Waals surface area contributed by atoms with Gasteiger partial charge in [-0.05, 0) is 36.2 Å². The smallest absolute Gasteiger partial charge is 0.126 e. The second-order valence-electron chi connectivity index (χ2n) is 4.47. The normalized spacial score (nSPS) is 10.3. The van der Waals surface area contributed by atoms with Crippen LogP contribution in [0.3, 0.4) is 0 Å². The molecule has 0 unspecified atom stereocenters. The zero-order valence-corrected chi connectivity index (χ0v) is 11.7. The number of ether oxygens (including phenoxy) is 2. The first-order chi connectivity index (χ1) is 9.83. The Morgan fingerprint density at radius 1 is 1.20 bits per heavy atom. The van der Waals surface area contributed by atoms with Gasteiger partial charge in [0.1, 0.15) is 11.5 Å². The molecule has 4 nitrogen and oxygen atoms in total. The zero-order valence-electron chi connectivity index (χ0n) is 11.7. The fourth-order valence-electron chi connectivity index (χ4n) is 1.98. The molecule has 106 valence electrons.